The molecule has 8 nitrogen and oxygen atoms in total. The Labute approximate surface area is 152 Å². The number of methoxy groups -OCH3 is 3. The molecule has 140 valence electrons. The summed E-state index contributed by atoms with van der Waals surface area (Å²) in [4.78, 5) is 20.9. The molecule has 0 atom stereocenters. The summed E-state index contributed by atoms with van der Waals surface area (Å²) in [5.74, 6) is 1.32. The Bertz CT molecular complexity index is 752. The Morgan fingerprint density at radius 3 is 2.62 bits per heavy atom. The number of hydrogen-bond donors (Lipinski definition) is 2. The first-order valence-electron chi connectivity index (χ1n) is 8.19. The minimum atomic E-state index is -0.257. The van der Waals surface area contributed by atoms with Crippen LogP contribution in [0.4, 0.5) is 11.6 Å². The summed E-state index contributed by atoms with van der Waals surface area (Å²) in [6.45, 7) is 2.91. The van der Waals surface area contributed by atoms with E-state index in [0.29, 0.717) is 47.7 Å². The van der Waals surface area contributed by atoms with Crippen molar-refractivity contribution in [3.8, 4) is 11.5 Å². The number of nitrogens with one attached hydrogen (secondary N) is 2. The molecule has 0 radical (unpaired) electrons. The van der Waals surface area contributed by atoms with Crippen LogP contribution in [0.2, 0.25) is 0 Å². The van der Waals surface area contributed by atoms with Crippen molar-refractivity contribution < 1.29 is 19.0 Å². The van der Waals surface area contributed by atoms with Crippen molar-refractivity contribution in [2.24, 2.45) is 0 Å². The number of rotatable bonds is 9. The number of amides is 1. The van der Waals surface area contributed by atoms with Crippen molar-refractivity contribution in [1.29, 1.82) is 0 Å². The Hall–Kier alpha value is -2.87. The van der Waals surface area contributed by atoms with Gasteiger partial charge >= 0.3 is 0 Å². The highest BCUT2D eigenvalue weighted by Crippen LogP contribution is 2.30. The van der Waals surface area contributed by atoms with Gasteiger partial charge in [0.25, 0.3) is 5.91 Å². The second-order valence-electron chi connectivity index (χ2n) is 5.51. The van der Waals surface area contributed by atoms with E-state index in [-0.39, 0.29) is 5.91 Å². The van der Waals surface area contributed by atoms with Crippen molar-refractivity contribution >= 4 is 17.5 Å². The summed E-state index contributed by atoms with van der Waals surface area (Å²) >= 11 is 0. The second-order valence-corrected chi connectivity index (χ2v) is 5.51. The standard InChI is InChI=1S/C18H24N4O4/c1-12-10-15(17(23)19-8-5-9-24-2)22-18(20-12)21-14-11-13(25-3)6-7-16(14)26-4/h6-7,10-11H,5,8-9H2,1-4H3,(H,19,23)(H,20,21,22). The van der Waals surface area contributed by atoms with E-state index < -0.39 is 0 Å². The van der Waals surface area contributed by atoms with E-state index in [1.807, 2.05) is 0 Å². The van der Waals surface area contributed by atoms with Gasteiger partial charge in [-0.25, -0.2) is 9.97 Å². The molecule has 0 aliphatic heterocycles. The molecule has 0 aliphatic carbocycles. The SMILES string of the molecule is COCCCNC(=O)c1cc(C)nc(Nc2cc(OC)ccc2OC)n1. The maximum atomic E-state index is 12.3. The van der Waals surface area contributed by atoms with Gasteiger partial charge in [0.15, 0.2) is 0 Å². The second kappa shape index (κ2) is 9.57. The van der Waals surface area contributed by atoms with Crippen LogP contribution in [0.1, 0.15) is 22.6 Å². The lowest BCUT2D eigenvalue weighted by molar-refractivity contribution is 0.0943. The summed E-state index contributed by atoms with van der Waals surface area (Å²) in [7, 11) is 4.78. The average Bonchev–Trinajstić information content (AvgIpc) is 2.64. The number of aromatic nitrogens is 2. The Balaban J connectivity index is 2.18. The minimum Gasteiger partial charge on any atom is -0.497 e. The molecule has 0 saturated heterocycles. The van der Waals surface area contributed by atoms with Crippen molar-refractivity contribution in [2.75, 3.05) is 39.8 Å². The molecule has 8 heteroatoms. The predicted molar refractivity (Wildman–Crippen MR) is 98.4 cm³/mol. The molecule has 0 bridgehead atoms. The summed E-state index contributed by atoms with van der Waals surface area (Å²) in [6, 6.07) is 6.98. The van der Waals surface area contributed by atoms with Gasteiger partial charge in [-0.2, -0.15) is 0 Å². The largest absolute Gasteiger partial charge is 0.497 e. The summed E-state index contributed by atoms with van der Waals surface area (Å²) in [5.41, 5.74) is 1.61. The highest BCUT2D eigenvalue weighted by atomic mass is 16.5. The van der Waals surface area contributed by atoms with E-state index in [4.69, 9.17) is 14.2 Å². The number of aryl methyl sites for hydroxylation is 1. The van der Waals surface area contributed by atoms with Crippen LogP contribution in [0.25, 0.3) is 0 Å². The highest BCUT2D eigenvalue weighted by molar-refractivity contribution is 5.92. The smallest absolute Gasteiger partial charge is 0.270 e. The number of benzene rings is 1. The average molecular weight is 360 g/mol. The molecule has 0 unspecified atom stereocenters. The Morgan fingerprint density at radius 2 is 1.92 bits per heavy atom. The van der Waals surface area contributed by atoms with Crippen molar-refractivity contribution in [3.05, 3.63) is 35.7 Å². The van der Waals surface area contributed by atoms with Gasteiger partial charge in [-0.3, -0.25) is 4.79 Å². The van der Waals surface area contributed by atoms with Crippen LogP contribution in [-0.4, -0.2) is 50.4 Å². The monoisotopic (exact) mass is 360 g/mol. The molecule has 1 heterocycles. The number of carbonyl (C=O) groups excluding carboxylic acids is 1. The molecule has 2 rings (SSSR count). The first kappa shape index (κ1) is 19.5. The molecule has 26 heavy (non-hydrogen) atoms. The van der Waals surface area contributed by atoms with Gasteiger partial charge in [0.1, 0.15) is 17.2 Å². The Morgan fingerprint density at radius 1 is 1.12 bits per heavy atom. The van der Waals surface area contributed by atoms with Gasteiger partial charge in [0, 0.05) is 32.0 Å². The number of nitrogens with zero attached hydrogens (tertiary/aromatic N) is 2. The molecule has 0 spiro atoms. The van der Waals surface area contributed by atoms with Crippen LogP contribution >= 0.6 is 0 Å². The molecular formula is C18H24N4O4. The number of ether oxygens (including phenoxy) is 3. The number of anilines is 2. The fourth-order valence-electron chi connectivity index (χ4n) is 2.28. The zero-order valence-electron chi connectivity index (χ0n) is 15.5. The van der Waals surface area contributed by atoms with Crippen LogP contribution < -0.4 is 20.1 Å². The molecule has 2 aromatic rings. The highest BCUT2D eigenvalue weighted by Gasteiger charge is 2.12. The van der Waals surface area contributed by atoms with E-state index in [0.717, 1.165) is 6.42 Å². The molecule has 1 aromatic heterocycles. The van der Waals surface area contributed by atoms with Crippen molar-refractivity contribution in [1.82, 2.24) is 15.3 Å². The molecule has 0 aliphatic rings. The van der Waals surface area contributed by atoms with Crippen LogP contribution in [0.15, 0.2) is 24.3 Å². The van der Waals surface area contributed by atoms with E-state index in [1.54, 1.807) is 52.5 Å². The quantitative estimate of drug-likeness (QED) is 0.663. The van der Waals surface area contributed by atoms with Crippen LogP contribution in [-0.2, 0) is 4.74 Å². The number of hydrogen-bond acceptors (Lipinski definition) is 7. The lowest BCUT2D eigenvalue weighted by Gasteiger charge is -2.13. The van der Waals surface area contributed by atoms with E-state index in [1.165, 1.54) is 0 Å². The lowest BCUT2D eigenvalue weighted by Crippen LogP contribution is -2.26. The van der Waals surface area contributed by atoms with Gasteiger partial charge in [-0.1, -0.05) is 0 Å². The molecule has 1 amide bonds. The zero-order valence-corrected chi connectivity index (χ0v) is 15.5. The molecule has 0 saturated carbocycles. The lowest BCUT2D eigenvalue weighted by atomic mass is 10.2. The molecule has 0 fully saturated rings. The summed E-state index contributed by atoms with van der Waals surface area (Å²) in [5, 5.41) is 5.89. The first-order valence-corrected chi connectivity index (χ1v) is 8.19. The third-order valence-corrected chi connectivity index (χ3v) is 3.55. The van der Waals surface area contributed by atoms with Gasteiger partial charge in [-0.05, 0) is 31.5 Å². The van der Waals surface area contributed by atoms with Gasteiger partial charge in [0.2, 0.25) is 5.95 Å². The normalized spacial score (nSPS) is 10.3. The van der Waals surface area contributed by atoms with Gasteiger partial charge in [0.05, 0.1) is 19.9 Å². The number of carbonyl (C=O) groups is 1. The third-order valence-electron chi connectivity index (χ3n) is 3.55. The molecule has 2 N–H and O–H groups in total. The Kier molecular flexibility index (Phi) is 7.16. The maximum Gasteiger partial charge on any atom is 0.270 e. The van der Waals surface area contributed by atoms with Crippen molar-refractivity contribution in [3.63, 3.8) is 0 Å². The van der Waals surface area contributed by atoms with Crippen LogP contribution in [0.5, 0.6) is 11.5 Å². The summed E-state index contributed by atoms with van der Waals surface area (Å²) < 4.78 is 15.5. The first-order chi connectivity index (χ1) is 12.6. The van der Waals surface area contributed by atoms with Gasteiger partial charge in [-0.15, -0.1) is 0 Å². The molecular weight excluding hydrogens is 336 g/mol. The van der Waals surface area contributed by atoms with Crippen molar-refractivity contribution in [2.45, 2.75) is 13.3 Å². The van der Waals surface area contributed by atoms with Crippen LogP contribution in [0, 0.1) is 6.92 Å². The van der Waals surface area contributed by atoms with E-state index >= 15 is 0 Å². The molecule has 1 aromatic carbocycles. The maximum absolute atomic E-state index is 12.3. The summed E-state index contributed by atoms with van der Waals surface area (Å²) in [6.07, 6.45) is 0.735. The fourth-order valence-corrected chi connectivity index (χ4v) is 2.28. The topological polar surface area (TPSA) is 94.6 Å². The minimum absolute atomic E-state index is 0.257. The predicted octanol–water partition coefficient (Wildman–Crippen LogP) is 2.31. The van der Waals surface area contributed by atoms with Crippen LogP contribution in [0.3, 0.4) is 0 Å². The van der Waals surface area contributed by atoms with E-state index in [9.17, 15) is 4.79 Å². The fraction of sp³-hybridized carbons (Fsp3) is 0.389. The van der Waals surface area contributed by atoms with Gasteiger partial charge < -0.3 is 24.8 Å². The van der Waals surface area contributed by atoms with E-state index in [2.05, 4.69) is 20.6 Å². The zero-order chi connectivity index (χ0) is 18.9. The third kappa shape index (κ3) is 5.32.